The van der Waals surface area contributed by atoms with Gasteiger partial charge in [-0.25, -0.2) is 4.79 Å². The van der Waals surface area contributed by atoms with Crippen LogP contribution in [0.5, 0.6) is 0 Å². The first-order valence-corrected chi connectivity index (χ1v) is 10.7. The molecule has 5 nitrogen and oxygen atoms in total. The number of benzene rings is 1. The van der Waals surface area contributed by atoms with E-state index in [-0.39, 0.29) is 6.03 Å². The van der Waals surface area contributed by atoms with E-state index in [0.29, 0.717) is 6.04 Å². The van der Waals surface area contributed by atoms with Crippen LogP contribution in [-0.2, 0) is 6.42 Å². The molecule has 1 saturated carbocycles. The van der Waals surface area contributed by atoms with Crippen LogP contribution in [0.2, 0.25) is 0 Å². The molecular weight excluding hydrogens is 336 g/mol. The first kappa shape index (κ1) is 18.5. The molecule has 4 rings (SSSR count). The van der Waals surface area contributed by atoms with Gasteiger partial charge in [-0.3, -0.25) is 15.2 Å². The van der Waals surface area contributed by atoms with Gasteiger partial charge >= 0.3 is 6.03 Å². The number of anilines is 1. The van der Waals surface area contributed by atoms with Gasteiger partial charge in [-0.1, -0.05) is 31.4 Å². The second-order valence-electron chi connectivity index (χ2n) is 8.17. The number of aliphatic imine (C=N–C) groups is 1. The van der Waals surface area contributed by atoms with Crippen LogP contribution < -0.4 is 10.2 Å². The van der Waals surface area contributed by atoms with Crippen LogP contribution in [0.15, 0.2) is 29.3 Å². The topological polar surface area (TPSA) is 47.9 Å². The Morgan fingerprint density at radius 2 is 1.81 bits per heavy atom. The third kappa shape index (κ3) is 4.89. The van der Waals surface area contributed by atoms with Gasteiger partial charge in [0.2, 0.25) is 0 Å². The third-order valence-electron chi connectivity index (χ3n) is 6.13. The van der Waals surface area contributed by atoms with Crippen LogP contribution in [0.25, 0.3) is 0 Å². The quantitative estimate of drug-likeness (QED) is 0.815. The standard InChI is InChI=1S/C22H32N4O/c27-22-24-21(23-19-9-2-1-3-10-19)12-14-25-13-5-4-7-18-8-6-11-20(17-18)26(22)16-15-25/h6,8,11,17,19H,1-5,7,9-10,12-16H2,(H,23,24,27). The molecule has 146 valence electrons. The highest BCUT2D eigenvalue weighted by molar-refractivity contribution is 6.04. The number of carbonyl (C=O) groups excluding carboxylic acids is 1. The maximum absolute atomic E-state index is 13.1. The fraction of sp³-hybridized carbons (Fsp3) is 0.636. The van der Waals surface area contributed by atoms with Crippen molar-refractivity contribution in [2.75, 3.05) is 31.1 Å². The number of carbonyl (C=O) groups is 1. The molecule has 2 heterocycles. The Morgan fingerprint density at radius 1 is 0.926 bits per heavy atom. The molecule has 1 aromatic rings. The van der Waals surface area contributed by atoms with Gasteiger partial charge in [0.1, 0.15) is 5.84 Å². The Hall–Kier alpha value is -1.88. The summed E-state index contributed by atoms with van der Waals surface area (Å²) in [6, 6.07) is 8.86. The minimum absolute atomic E-state index is 0.0252. The lowest BCUT2D eigenvalue weighted by atomic mass is 9.96. The smallest absolute Gasteiger partial charge is 0.301 e. The second kappa shape index (κ2) is 8.87. The summed E-state index contributed by atoms with van der Waals surface area (Å²) in [5.41, 5.74) is 2.33. The lowest BCUT2D eigenvalue weighted by Gasteiger charge is -2.25. The van der Waals surface area contributed by atoms with Gasteiger partial charge in [-0.15, -0.1) is 0 Å². The first-order chi connectivity index (χ1) is 13.3. The summed E-state index contributed by atoms with van der Waals surface area (Å²) in [6.45, 7) is 3.74. The van der Waals surface area contributed by atoms with Crippen molar-refractivity contribution >= 4 is 17.6 Å². The number of aryl methyl sites for hydroxylation is 1. The fourth-order valence-corrected chi connectivity index (χ4v) is 4.51. The molecular formula is C22H32N4O. The highest BCUT2D eigenvalue weighted by Gasteiger charge is 2.23. The fourth-order valence-electron chi connectivity index (χ4n) is 4.51. The van der Waals surface area contributed by atoms with Gasteiger partial charge < -0.3 is 4.90 Å². The van der Waals surface area contributed by atoms with E-state index in [2.05, 4.69) is 34.5 Å². The average Bonchev–Trinajstić information content (AvgIpc) is 2.74. The molecule has 4 bridgehead atoms. The molecule has 1 unspecified atom stereocenters. The number of urea groups is 1. The van der Waals surface area contributed by atoms with Crippen molar-refractivity contribution in [2.24, 2.45) is 4.99 Å². The van der Waals surface area contributed by atoms with Crippen molar-refractivity contribution in [3.05, 3.63) is 29.8 Å². The molecule has 1 aromatic carbocycles. The van der Waals surface area contributed by atoms with Crippen molar-refractivity contribution in [3.63, 3.8) is 0 Å². The third-order valence-corrected chi connectivity index (χ3v) is 6.13. The zero-order chi connectivity index (χ0) is 18.5. The van der Waals surface area contributed by atoms with Crippen LogP contribution in [0, 0.1) is 0 Å². The highest BCUT2D eigenvalue weighted by Crippen LogP contribution is 2.22. The van der Waals surface area contributed by atoms with Crippen molar-refractivity contribution in [1.29, 1.82) is 0 Å². The van der Waals surface area contributed by atoms with Gasteiger partial charge in [0.05, 0.1) is 6.04 Å². The molecule has 0 aromatic heterocycles. The molecule has 1 saturated heterocycles. The second-order valence-corrected chi connectivity index (χ2v) is 8.17. The van der Waals surface area contributed by atoms with E-state index in [1.54, 1.807) is 0 Å². The Balaban J connectivity index is 1.61. The number of rotatable bonds is 1. The van der Waals surface area contributed by atoms with Gasteiger partial charge in [0.15, 0.2) is 0 Å². The maximum atomic E-state index is 13.1. The summed E-state index contributed by atoms with van der Waals surface area (Å²) in [5, 5.41) is 3.17. The lowest BCUT2D eigenvalue weighted by Crippen LogP contribution is -2.44. The van der Waals surface area contributed by atoms with Crippen molar-refractivity contribution in [2.45, 2.75) is 63.8 Å². The summed E-state index contributed by atoms with van der Waals surface area (Å²) >= 11 is 0. The molecule has 1 atom stereocenters. The molecule has 1 aliphatic carbocycles. The number of amides is 2. The van der Waals surface area contributed by atoms with Gasteiger partial charge in [-0.2, -0.15) is 0 Å². The molecule has 1 N–H and O–H groups in total. The summed E-state index contributed by atoms with van der Waals surface area (Å²) in [4.78, 5) is 22.5. The Kier molecular flexibility index (Phi) is 6.07. The molecule has 5 heteroatoms. The number of amidine groups is 1. The summed E-state index contributed by atoms with van der Waals surface area (Å²) in [6.07, 6.45) is 10.5. The van der Waals surface area contributed by atoms with E-state index in [4.69, 9.17) is 4.99 Å². The van der Waals surface area contributed by atoms with Gasteiger partial charge in [0.25, 0.3) is 0 Å². The minimum atomic E-state index is -0.0252. The van der Waals surface area contributed by atoms with Crippen LogP contribution in [-0.4, -0.2) is 49.0 Å². The van der Waals surface area contributed by atoms with E-state index in [0.717, 1.165) is 63.4 Å². The molecule has 27 heavy (non-hydrogen) atoms. The van der Waals surface area contributed by atoms with E-state index < -0.39 is 0 Å². The van der Waals surface area contributed by atoms with Crippen LogP contribution in [0.3, 0.4) is 0 Å². The van der Waals surface area contributed by atoms with E-state index >= 15 is 0 Å². The van der Waals surface area contributed by atoms with E-state index in [1.165, 1.54) is 37.7 Å². The summed E-state index contributed by atoms with van der Waals surface area (Å²) in [5.74, 6) is 0.886. The average molecular weight is 369 g/mol. The number of fused-ring (bicyclic) bond motifs is 6. The van der Waals surface area contributed by atoms with Gasteiger partial charge in [0, 0.05) is 31.7 Å². The number of nitrogens with one attached hydrogen (secondary N) is 1. The van der Waals surface area contributed by atoms with Crippen LogP contribution in [0.4, 0.5) is 10.5 Å². The SMILES string of the molecule is O=C1NC(=NC2CCCCC2)CCN2CCCCc3cccc(c3)N1CC2. The molecule has 0 radical (unpaired) electrons. The predicted octanol–water partition coefficient (Wildman–Crippen LogP) is 3.98. The first-order valence-electron chi connectivity index (χ1n) is 10.7. The van der Waals surface area contributed by atoms with Crippen molar-refractivity contribution < 1.29 is 4.79 Å². The van der Waals surface area contributed by atoms with Crippen molar-refractivity contribution in [3.8, 4) is 0 Å². The predicted molar refractivity (Wildman–Crippen MR) is 111 cm³/mol. The largest absolute Gasteiger partial charge is 0.327 e. The Morgan fingerprint density at radius 3 is 2.70 bits per heavy atom. The van der Waals surface area contributed by atoms with Crippen LogP contribution in [0.1, 0.15) is 56.9 Å². The zero-order valence-electron chi connectivity index (χ0n) is 16.3. The molecule has 3 aliphatic rings. The number of hydrogen-bond donors (Lipinski definition) is 1. The summed E-state index contributed by atoms with van der Waals surface area (Å²) < 4.78 is 0. The summed E-state index contributed by atoms with van der Waals surface area (Å²) in [7, 11) is 0. The van der Waals surface area contributed by atoms with Crippen LogP contribution >= 0.6 is 0 Å². The monoisotopic (exact) mass is 368 g/mol. The molecule has 0 spiro atoms. The maximum Gasteiger partial charge on any atom is 0.327 e. The number of nitrogens with zero attached hydrogens (tertiary/aromatic N) is 3. The van der Waals surface area contributed by atoms with Gasteiger partial charge in [-0.05, 0) is 56.3 Å². The lowest BCUT2D eigenvalue weighted by molar-refractivity contribution is 0.248. The number of hydrogen-bond acceptors (Lipinski definition) is 3. The van der Waals surface area contributed by atoms with E-state index in [1.807, 2.05) is 4.90 Å². The molecule has 2 aliphatic heterocycles. The minimum Gasteiger partial charge on any atom is -0.301 e. The highest BCUT2D eigenvalue weighted by atomic mass is 16.2. The molecule has 2 fully saturated rings. The Labute approximate surface area is 162 Å². The van der Waals surface area contributed by atoms with Crippen molar-refractivity contribution in [1.82, 2.24) is 10.2 Å². The van der Waals surface area contributed by atoms with E-state index in [9.17, 15) is 4.79 Å². The molecule has 2 amide bonds. The normalized spacial score (nSPS) is 26.7. The Bertz CT molecular complexity index is 681. The zero-order valence-corrected chi connectivity index (χ0v) is 16.3.